The predicted octanol–water partition coefficient (Wildman–Crippen LogP) is 3.92. The van der Waals surface area contributed by atoms with E-state index in [9.17, 15) is 9.59 Å². The zero-order valence-electron chi connectivity index (χ0n) is 16.2. The summed E-state index contributed by atoms with van der Waals surface area (Å²) in [4.78, 5) is 27.9. The van der Waals surface area contributed by atoms with Gasteiger partial charge in [-0.05, 0) is 36.4 Å². The molecule has 0 fully saturated rings. The van der Waals surface area contributed by atoms with Crippen LogP contribution in [0.4, 0.5) is 0 Å². The maximum absolute atomic E-state index is 12.9. The number of para-hydroxylation sites is 2. The van der Waals surface area contributed by atoms with Crippen LogP contribution in [0.2, 0.25) is 0 Å². The zero-order valence-corrected chi connectivity index (χ0v) is 16.2. The fourth-order valence-corrected chi connectivity index (χ4v) is 3.07. The molecule has 0 aliphatic rings. The van der Waals surface area contributed by atoms with E-state index in [2.05, 4.69) is 10.1 Å². The summed E-state index contributed by atoms with van der Waals surface area (Å²) < 4.78 is 12.3. The summed E-state index contributed by atoms with van der Waals surface area (Å²) in [6.45, 7) is -0.374. The van der Waals surface area contributed by atoms with Crippen molar-refractivity contribution >= 4 is 11.8 Å². The summed E-state index contributed by atoms with van der Waals surface area (Å²) in [5, 5.41) is 4.60. The van der Waals surface area contributed by atoms with E-state index in [4.69, 9.17) is 9.47 Å². The Morgan fingerprint density at radius 3 is 2.50 bits per heavy atom. The average Bonchev–Trinajstić information content (AvgIpc) is 3.48. The molecule has 150 valence electrons. The highest BCUT2D eigenvalue weighted by Gasteiger charge is 2.23. The lowest BCUT2D eigenvalue weighted by Gasteiger charge is -2.08. The van der Waals surface area contributed by atoms with Crippen molar-refractivity contribution < 1.29 is 19.1 Å². The first-order valence-electron chi connectivity index (χ1n) is 9.29. The number of rotatable bonds is 7. The number of ketones is 1. The fourth-order valence-electron chi connectivity index (χ4n) is 3.07. The highest BCUT2D eigenvalue weighted by atomic mass is 16.5. The van der Waals surface area contributed by atoms with Crippen molar-refractivity contribution in [1.82, 2.24) is 14.8 Å². The van der Waals surface area contributed by atoms with E-state index in [-0.39, 0.29) is 18.0 Å². The molecule has 0 bridgehead atoms. The Morgan fingerprint density at radius 1 is 1.00 bits per heavy atom. The second-order valence-corrected chi connectivity index (χ2v) is 6.45. The van der Waals surface area contributed by atoms with Crippen molar-refractivity contribution in [1.29, 1.82) is 0 Å². The van der Waals surface area contributed by atoms with Gasteiger partial charge in [0.15, 0.2) is 6.61 Å². The van der Waals surface area contributed by atoms with Crippen molar-refractivity contribution in [2.75, 3.05) is 13.7 Å². The van der Waals surface area contributed by atoms with Crippen LogP contribution in [0, 0.1) is 0 Å². The number of carbonyl (C=O) groups excluding carboxylic acids is 2. The van der Waals surface area contributed by atoms with E-state index in [1.54, 1.807) is 42.4 Å². The number of benzene rings is 2. The molecule has 0 amide bonds. The van der Waals surface area contributed by atoms with E-state index < -0.39 is 5.97 Å². The molecule has 0 saturated heterocycles. The molecule has 7 nitrogen and oxygen atoms in total. The Labute approximate surface area is 172 Å². The summed E-state index contributed by atoms with van der Waals surface area (Å²) in [7, 11) is 1.56. The van der Waals surface area contributed by atoms with Gasteiger partial charge in [-0.2, -0.15) is 5.10 Å². The van der Waals surface area contributed by atoms with Gasteiger partial charge in [0, 0.05) is 18.0 Å². The van der Waals surface area contributed by atoms with Gasteiger partial charge in [0.25, 0.3) is 0 Å². The summed E-state index contributed by atoms with van der Waals surface area (Å²) >= 11 is 0. The molecular formula is C23H19N3O4. The van der Waals surface area contributed by atoms with Crippen molar-refractivity contribution in [3.63, 3.8) is 0 Å². The Balaban J connectivity index is 1.69. The number of aromatic nitrogens is 3. The minimum Gasteiger partial charge on any atom is -0.496 e. The SMILES string of the molecule is COc1ccccc1-c1nn(-c2ccccc2)cc1C(=O)OCC(=O)c1ccc[nH]1. The van der Waals surface area contributed by atoms with Gasteiger partial charge >= 0.3 is 5.97 Å². The molecule has 2 aromatic heterocycles. The smallest absolute Gasteiger partial charge is 0.342 e. The largest absolute Gasteiger partial charge is 0.496 e. The molecule has 1 N–H and O–H groups in total. The van der Waals surface area contributed by atoms with E-state index in [0.29, 0.717) is 22.7 Å². The standard InChI is InChI=1S/C23H19N3O4/c1-29-21-12-6-5-10-17(21)22-18(14-26(25-22)16-8-3-2-4-9-16)23(28)30-15-20(27)19-11-7-13-24-19/h2-14,24H,15H2,1H3. The highest BCUT2D eigenvalue weighted by Crippen LogP contribution is 2.32. The Bertz CT molecular complexity index is 1160. The first-order chi connectivity index (χ1) is 14.7. The maximum atomic E-state index is 12.9. The van der Waals surface area contributed by atoms with Crippen molar-refractivity contribution in [3.05, 3.63) is 90.4 Å². The number of ether oxygens (including phenoxy) is 2. The van der Waals surface area contributed by atoms with Gasteiger partial charge in [0.2, 0.25) is 5.78 Å². The van der Waals surface area contributed by atoms with Gasteiger partial charge in [0.1, 0.15) is 17.0 Å². The minimum absolute atomic E-state index is 0.239. The first-order valence-corrected chi connectivity index (χ1v) is 9.29. The third-order valence-corrected chi connectivity index (χ3v) is 4.55. The zero-order chi connectivity index (χ0) is 20.9. The fraction of sp³-hybridized carbons (Fsp3) is 0.0870. The van der Waals surface area contributed by atoms with E-state index in [0.717, 1.165) is 5.69 Å². The second kappa shape index (κ2) is 8.48. The molecule has 0 saturated carbocycles. The van der Waals surface area contributed by atoms with Crippen LogP contribution in [-0.4, -0.2) is 40.2 Å². The van der Waals surface area contributed by atoms with Crippen LogP contribution in [0.3, 0.4) is 0 Å². The number of H-pyrrole nitrogens is 1. The van der Waals surface area contributed by atoms with Gasteiger partial charge < -0.3 is 14.5 Å². The molecule has 0 aliphatic heterocycles. The van der Waals surface area contributed by atoms with E-state index in [1.807, 2.05) is 48.5 Å². The molecule has 30 heavy (non-hydrogen) atoms. The topological polar surface area (TPSA) is 86.2 Å². The lowest BCUT2D eigenvalue weighted by molar-refractivity contribution is 0.0474. The third kappa shape index (κ3) is 3.86. The summed E-state index contributed by atoms with van der Waals surface area (Å²) in [5.41, 5.74) is 2.47. The first kappa shape index (κ1) is 19.2. The van der Waals surface area contributed by atoms with E-state index >= 15 is 0 Å². The van der Waals surface area contributed by atoms with Crippen molar-refractivity contribution in [2.45, 2.75) is 0 Å². The van der Waals surface area contributed by atoms with Crippen LogP contribution in [0.5, 0.6) is 5.75 Å². The average molecular weight is 401 g/mol. The molecule has 0 atom stereocenters. The molecule has 7 heteroatoms. The number of nitrogens with one attached hydrogen (secondary N) is 1. The number of hydrogen-bond donors (Lipinski definition) is 1. The van der Waals surface area contributed by atoms with Gasteiger partial charge in [-0.1, -0.05) is 30.3 Å². The van der Waals surface area contributed by atoms with Crippen molar-refractivity contribution in [3.8, 4) is 22.7 Å². The summed E-state index contributed by atoms with van der Waals surface area (Å²) in [5.74, 6) is -0.382. The summed E-state index contributed by atoms with van der Waals surface area (Å²) in [6.07, 6.45) is 3.23. The molecule has 2 heterocycles. The molecule has 4 rings (SSSR count). The number of aromatic amines is 1. The van der Waals surface area contributed by atoms with Gasteiger partial charge in [-0.15, -0.1) is 0 Å². The molecule has 0 aliphatic carbocycles. The van der Waals surface area contributed by atoms with Crippen LogP contribution in [-0.2, 0) is 4.74 Å². The third-order valence-electron chi connectivity index (χ3n) is 4.55. The maximum Gasteiger partial charge on any atom is 0.342 e. The molecule has 4 aromatic rings. The Morgan fingerprint density at radius 2 is 1.77 bits per heavy atom. The van der Waals surface area contributed by atoms with Gasteiger partial charge in [0.05, 0.1) is 18.5 Å². The van der Waals surface area contributed by atoms with Crippen LogP contribution in [0.1, 0.15) is 20.8 Å². The number of carbonyl (C=O) groups is 2. The normalized spacial score (nSPS) is 10.6. The summed E-state index contributed by atoms with van der Waals surface area (Å²) in [6, 6.07) is 20.0. The number of esters is 1. The van der Waals surface area contributed by atoms with Crippen LogP contribution in [0.25, 0.3) is 16.9 Å². The van der Waals surface area contributed by atoms with Crippen LogP contribution >= 0.6 is 0 Å². The molecule has 0 spiro atoms. The molecule has 2 aromatic carbocycles. The Hall–Kier alpha value is -4.13. The number of nitrogens with zero attached hydrogens (tertiary/aromatic N) is 2. The predicted molar refractivity (Wildman–Crippen MR) is 111 cm³/mol. The second-order valence-electron chi connectivity index (χ2n) is 6.45. The monoisotopic (exact) mass is 401 g/mol. The minimum atomic E-state index is -0.641. The quantitative estimate of drug-likeness (QED) is 0.375. The number of hydrogen-bond acceptors (Lipinski definition) is 5. The lowest BCUT2D eigenvalue weighted by Crippen LogP contribution is -2.14. The Kier molecular flexibility index (Phi) is 5.43. The van der Waals surface area contributed by atoms with Crippen LogP contribution < -0.4 is 4.74 Å². The van der Waals surface area contributed by atoms with E-state index in [1.165, 1.54) is 0 Å². The van der Waals surface area contributed by atoms with Crippen molar-refractivity contribution in [2.24, 2.45) is 0 Å². The molecule has 0 unspecified atom stereocenters. The van der Waals surface area contributed by atoms with Crippen LogP contribution in [0.15, 0.2) is 79.1 Å². The number of Topliss-reactive ketones (excluding diaryl/α,β-unsaturated/α-hetero) is 1. The highest BCUT2D eigenvalue weighted by molar-refractivity contribution is 6.00. The number of methoxy groups -OCH3 is 1. The van der Waals surface area contributed by atoms with Gasteiger partial charge in [-0.25, -0.2) is 9.48 Å². The van der Waals surface area contributed by atoms with Gasteiger partial charge in [-0.3, -0.25) is 4.79 Å². The molecular weight excluding hydrogens is 382 g/mol. The molecule has 0 radical (unpaired) electrons. The lowest BCUT2D eigenvalue weighted by atomic mass is 10.1.